The molecule has 2 aliphatic rings. The number of piperazine rings is 1. The van der Waals surface area contributed by atoms with Gasteiger partial charge in [0.2, 0.25) is 0 Å². The van der Waals surface area contributed by atoms with Crippen LogP contribution in [0.5, 0.6) is 0 Å². The fraction of sp³-hybridized carbons (Fsp3) is 0.667. The highest BCUT2D eigenvalue weighted by Gasteiger charge is 2.26. The molecule has 6 heteroatoms. The zero-order valence-corrected chi connectivity index (χ0v) is 10.2. The van der Waals surface area contributed by atoms with Gasteiger partial charge in [0.15, 0.2) is 11.6 Å². The van der Waals surface area contributed by atoms with Crippen molar-refractivity contribution in [1.29, 1.82) is 0 Å². The summed E-state index contributed by atoms with van der Waals surface area (Å²) in [5.41, 5.74) is 0.413. The summed E-state index contributed by atoms with van der Waals surface area (Å²) in [6.45, 7) is 3.96. The first-order chi connectivity index (χ1) is 8.86. The van der Waals surface area contributed by atoms with E-state index in [-0.39, 0.29) is 11.9 Å². The van der Waals surface area contributed by atoms with Gasteiger partial charge in [-0.05, 0) is 12.8 Å². The standard InChI is InChI=1S/C12H17FN4O/c13-10-11(9-2-1-7-18-9)15-8-16-12(10)17-5-3-14-4-6-17/h8-9,14H,1-7H2. The normalized spacial score (nSPS) is 24.5. The predicted molar refractivity (Wildman–Crippen MR) is 65.0 cm³/mol. The Labute approximate surface area is 105 Å². The molecule has 2 saturated heterocycles. The van der Waals surface area contributed by atoms with Gasteiger partial charge in [0.05, 0.1) is 0 Å². The van der Waals surface area contributed by atoms with Gasteiger partial charge in [-0.25, -0.2) is 14.4 Å². The molecule has 5 nitrogen and oxygen atoms in total. The van der Waals surface area contributed by atoms with E-state index in [1.54, 1.807) is 0 Å². The summed E-state index contributed by atoms with van der Waals surface area (Å²) in [7, 11) is 0. The number of aromatic nitrogens is 2. The van der Waals surface area contributed by atoms with Crippen LogP contribution < -0.4 is 10.2 Å². The number of halogens is 1. The van der Waals surface area contributed by atoms with Gasteiger partial charge < -0.3 is 15.0 Å². The van der Waals surface area contributed by atoms with Crippen molar-refractivity contribution in [2.45, 2.75) is 18.9 Å². The fourth-order valence-electron chi connectivity index (χ4n) is 2.49. The Hall–Kier alpha value is -1.27. The first kappa shape index (κ1) is 11.8. The van der Waals surface area contributed by atoms with Gasteiger partial charge in [0.25, 0.3) is 0 Å². The average molecular weight is 252 g/mol. The molecule has 1 aromatic rings. The van der Waals surface area contributed by atoms with Crippen molar-refractivity contribution < 1.29 is 9.13 Å². The molecule has 2 fully saturated rings. The lowest BCUT2D eigenvalue weighted by Gasteiger charge is -2.29. The van der Waals surface area contributed by atoms with E-state index in [2.05, 4.69) is 15.3 Å². The Morgan fingerprint density at radius 3 is 2.89 bits per heavy atom. The number of nitrogens with zero attached hydrogens (tertiary/aromatic N) is 3. The minimum atomic E-state index is -0.314. The van der Waals surface area contributed by atoms with Gasteiger partial charge in [-0.15, -0.1) is 0 Å². The Bertz CT molecular complexity index is 417. The lowest BCUT2D eigenvalue weighted by molar-refractivity contribution is 0.105. The molecule has 1 N–H and O–H groups in total. The number of hydrogen-bond acceptors (Lipinski definition) is 5. The smallest absolute Gasteiger partial charge is 0.189 e. The maximum atomic E-state index is 14.4. The van der Waals surface area contributed by atoms with Crippen molar-refractivity contribution >= 4 is 5.82 Å². The third-order valence-corrected chi connectivity index (χ3v) is 3.45. The Morgan fingerprint density at radius 1 is 1.33 bits per heavy atom. The monoisotopic (exact) mass is 252 g/mol. The Kier molecular flexibility index (Phi) is 3.38. The molecule has 0 spiro atoms. The van der Waals surface area contributed by atoms with Crippen LogP contribution in [0.2, 0.25) is 0 Å². The Balaban J connectivity index is 1.87. The number of hydrogen-bond donors (Lipinski definition) is 1. The molecule has 0 saturated carbocycles. The highest BCUT2D eigenvalue weighted by Crippen LogP contribution is 2.31. The average Bonchev–Trinajstić information content (AvgIpc) is 2.94. The van der Waals surface area contributed by atoms with E-state index >= 15 is 0 Å². The molecule has 3 rings (SSSR count). The van der Waals surface area contributed by atoms with E-state index in [1.165, 1.54) is 6.33 Å². The number of nitrogens with one attached hydrogen (secondary N) is 1. The molecule has 1 aromatic heterocycles. The lowest BCUT2D eigenvalue weighted by atomic mass is 10.1. The second-order valence-electron chi connectivity index (χ2n) is 4.64. The van der Waals surface area contributed by atoms with Crippen LogP contribution in [0.4, 0.5) is 10.2 Å². The maximum Gasteiger partial charge on any atom is 0.189 e. The molecule has 0 radical (unpaired) electrons. The molecule has 0 bridgehead atoms. The molecule has 18 heavy (non-hydrogen) atoms. The summed E-state index contributed by atoms with van der Waals surface area (Å²) in [5, 5.41) is 3.24. The molecule has 2 aliphatic heterocycles. The molecule has 0 amide bonds. The van der Waals surface area contributed by atoms with Crippen LogP contribution in [0.3, 0.4) is 0 Å². The molecular formula is C12H17FN4O. The topological polar surface area (TPSA) is 50.3 Å². The van der Waals surface area contributed by atoms with Gasteiger partial charge in [0, 0.05) is 32.8 Å². The van der Waals surface area contributed by atoms with Gasteiger partial charge in [-0.3, -0.25) is 0 Å². The molecule has 3 heterocycles. The first-order valence-electron chi connectivity index (χ1n) is 6.44. The van der Waals surface area contributed by atoms with Crippen LogP contribution in [0.1, 0.15) is 24.6 Å². The van der Waals surface area contributed by atoms with E-state index in [4.69, 9.17) is 4.74 Å². The van der Waals surface area contributed by atoms with Crippen molar-refractivity contribution in [3.05, 3.63) is 17.8 Å². The number of anilines is 1. The van der Waals surface area contributed by atoms with Crippen LogP contribution in [0.25, 0.3) is 0 Å². The van der Waals surface area contributed by atoms with Crippen molar-refractivity contribution in [2.75, 3.05) is 37.7 Å². The van der Waals surface area contributed by atoms with Crippen LogP contribution >= 0.6 is 0 Å². The fourth-order valence-corrected chi connectivity index (χ4v) is 2.49. The second-order valence-corrected chi connectivity index (χ2v) is 4.64. The third-order valence-electron chi connectivity index (χ3n) is 3.45. The number of rotatable bonds is 2. The van der Waals surface area contributed by atoms with Gasteiger partial charge >= 0.3 is 0 Å². The zero-order valence-electron chi connectivity index (χ0n) is 10.2. The lowest BCUT2D eigenvalue weighted by Crippen LogP contribution is -2.44. The van der Waals surface area contributed by atoms with Crippen LogP contribution in [-0.4, -0.2) is 42.8 Å². The van der Waals surface area contributed by atoms with Crippen molar-refractivity contribution in [3.63, 3.8) is 0 Å². The maximum absolute atomic E-state index is 14.4. The van der Waals surface area contributed by atoms with E-state index in [1.807, 2.05) is 4.90 Å². The second kappa shape index (κ2) is 5.16. The van der Waals surface area contributed by atoms with E-state index in [9.17, 15) is 4.39 Å². The minimum Gasteiger partial charge on any atom is -0.372 e. The Morgan fingerprint density at radius 2 is 2.17 bits per heavy atom. The quantitative estimate of drug-likeness (QED) is 0.846. The van der Waals surface area contributed by atoms with Crippen LogP contribution in [0, 0.1) is 5.82 Å². The SMILES string of the molecule is Fc1c(C2CCCO2)ncnc1N1CCNCC1. The molecule has 98 valence electrons. The highest BCUT2D eigenvalue weighted by molar-refractivity contribution is 5.42. The summed E-state index contributed by atoms with van der Waals surface area (Å²) in [5.74, 6) is 0.100. The molecule has 0 aliphatic carbocycles. The summed E-state index contributed by atoms with van der Waals surface area (Å²) in [4.78, 5) is 10.1. The first-order valence-corrected chi connectivity index (χ1v) is 6.44. The van der Waals surface area contributed by atoms with Crippen molar-refractivity contribution in [3.8, 4) is 0 Å². The predicted octanol–water partition coefficient (Wildman–Crippen LogP) is 0.877. The molecular weight excluding hydrogens is 235 g/mol. The van der Waals surface area contributed by atoms with E-state index < -0.39 is 0 Å². The molecule has 1 unspecified atom stereocenters. The zero-order chi connectivity index (χ0) is 12.4. The summed E-state index contributed by atoms with van der Waals surface area (Å²) in [6.07, 6.45) is 3.05. The van der Waals surface area contributed by atoms with Gasteiger partial charge in [-0.2, -0.15) is 0 Å². The van der Waals surface area contributed by atoms with E-state index in [0.717, 1.165) is 39.0 Å². The van der Waals surface area contributed by atoms with Crippen molar-refractivity contribution in [2.24, 2.45) is 0 Å². The third kappa shape index (κ3) is 2.18. The van der Waals surface area contributed by atoms with E-state index in [0.29, 0.717) is 18.1 Å². The largest absolute Gasteiger partial charge is 0.372 e. The molecule has 1 atom stereocenters. The molecule has 0 aromatic carbocycles. The summed E-state index contributed by atoms with van der Waals surface area (Å²) >= 11 is 0. The van der Waals surface area contributed by atoms with Gasteiger partial charge in [-0.1, -0.05) is 0 Å². The number of ether oxygens (including phenoxy) is 1. The van der Waals surface area contributed by atoms with Gasteiger partial charge in [0.1, 0.15) is 18.1 Å². The van der Waals surface area contributed by atoms with Crippen molar-refractivity contribution in [1.82, 2.24) is 15.3 Å². The minimum absolute atomic E-state index is 0.199. The highest BCUT2D eigenvalue weighted by atomic mass is 19.1. The van der Waals surface area contributed by atoms with Crippen LogP contribution in [-0.2, 0) is 4.74 Å². The summed E-state index contributed by atoms with van der Waals surface area (Å²) in [6, 6.07) is 0. The summed E-state index contributed by atoms with van der Waals surface area (Å²) < 4.78 is 19.9. The van der Waals surface area contributed by atoms with Crippen LogP contribution in [0.15, 0.2) is 6.33 Å².